The molecule has 16 heavy (non-hydrogen) atoms. The lowest BCUT2D eigenvalue weighted by atomic mass is 10.1. The third kappa shape index (κ3) is 4.03. The molecule has 0 spiro atoms. The zero-order chi connectivity index (χ0) is 12.2. The van der Waals surface area contributed by atoms with Crippen molar-refractivity contribution in [3.63, 3.8) is 0 Å². The smallest absolute Gasteiger partial charge is 0.151 e. The van der Waals surface area contributed by atoms with Crippen molar-refractivity contribution in [1.29, 1.82) is 0 Å². The van der Waals surface area contributed by atoms with Crippen LogP contribution in [0.15, 0.2) is 0 Å². The van der Waals surface area contributed by atoms with Gasteiger partial charge < -0.3 is 5.32 Å². The lowest BCUT2D eigenvalue weighted by Crippen LogP contribution is -2.39. The van der Waals surface area contributed by atoms with Crippen LogP contribution in [0.4, 0.5) is 0 Å². The molecule has 1 aliphatic rings. The van der Waals surface area contributed by atoms with Crippen molar-refractivity contribution in [1.82, 2.24) is 10.2 Å². The molecule has 0 amide bonds. The van der Waals surface area contributed by atoms with Crippen LogP contribution in [0.3, 0.4) is 0 Å². The molecule has 1 heterocycles. The highest BCUT2D eigenvalue weighted by atomic mass is 32.2. The summed E-state index contributed by atoms with van der Waals surface area (Å²) in [6.45, 7) is 3.21. The van der Waals surface area contributed by atoms with Gasteiger partial charge in [-0.05, 0) is 46.8 Å². The third-order valence-corrected chi connectivity index (χ3v) is 5.28. The Morgan fingerprint density at radius 1 is 1.50 bits per heavy atom. The molecule has 2 unspecified atom stereocenters. The van der Waals surface area contributed by atoms with Crippen molar-refractivity contribution in [3.05, 3.63) is 0 Å². The van der Waals surface area contributed by atoms with Crippen LogP contribution in [0.1, 0.15) is 26.2 Å². The van der Waals surface area contributed by atoms with Crippen molar-refractivity contribution in [2.75, 3.05) is 32.1 Å². The van der Waals surface area contributed by atoms with E-state index in [9.17, 15) is 8.42 Å². The summed E-state index contributed by atoms with van der Waals surface area (Å²) in [5.74, 6) is 0.713. The molecule has 1 rings (SSSR count). The number of rotatable bonds is 6. The molecule has 0 radical (unpaired) electrons. The number of nitrogens with one attached hydrogen (secondary N) is 1. The number of sulfone groups is 1. The van der Waals surface area contributed by atoms with Gasteiger partial charge in [-0.15, -0.1) is 0 Å². The van der Waals surface area contributed by atoms with Crippen LogP contribution < -0.4 is 5.32 Å². The fourth-order valence-corrected chi connectivity index (χ4v) is 4.02. The van der Waals surface area contributed by atoms with Crippen LogP contribution >= 0.6 is 0 Å². The first-order valence-electron chi connectivity index (χ1n) is 6.03. The summed E-state index contributed by atoms with van der Waals surface area (Å²) in [4.78, 5) is 2.24. The molecule has 5 heteroatoms. The van der Waals surface area contributed by atoms with Gasteiger partial charge in [0.2, 0.25) is 0 Å². The molecule has 4 nitrogen and oxygen atoms in total. The van der Waals surface area contributed by atoms with E-state index in [1.807, 2.05) is 7.05 Å². The van der Waals surface area contributed by atoms with Crippen LogP contribution in [-0.2, 0) is 9.84 Å². The second-order valence-corrected chi connectivity index (χ2v) is 7.05. The fraction of sp³-hybridized carbons (Fsp3) is 1.00. The summed E-state index contributed by atoms with van der Waals surface area (Å²) in [6.07, 6.45) is 3.06. The van der Waals surface area contributed by atoms with E-state index in [0.717, 1.165) is 25.8 Å². The number of nitrogens with zero attached hydrogens (tertiary/aromatic N) is 1. The SMILES string of the molecule is CNCCCC(C)N(C)C1CCS(=O)(=O)C1. The maximum Gasteiger partial charge on any atom is 0.151 e. The average Bonchev–Trinajstić information content (AvgIpc) is 2.58. The van der Waals surface area contributed by atoms with Gasteiger partial charge in [-0.1, -0.05) is 0 Å². The van der Waals surface area contributed by atoms with Gasteiger partial charge in [-0.25, -0.2) is 8.42 Å². The first-order chi connectivity index (χ1) is 7.46. The van der Waals surface area contributed by atoms with E-state index in [2.05, 4.69) is 24.2 Å². The van der Waals surface area contributed by atoms with Gasteiger partial charge in [0.1, 0.15) is 0 Å². The van der Waals surface area contributed by atoms with E-state index < -0.39 is 9.84 Å². The van der Waals surface area contributed by atoms with Crippen molar-refractivity contribution in [2.24, 2.45) is 0 Å². The molecule has 2 atom stereocenters. The van der Waals surface area contributed by atoms with Crippen LogP contribution in [0.5, 0.6) is 0 Å². The maximum atomic E-state index is 11.4. The monoisotopic (exact) mass is 248 g/mol. The predicted octanol–water partition coefficient (Wildman–Crippen LogP) is 0.493. The fourth-order valence-electron chi connectivity index (χ4n) is 2.23. The normalized spacial score (nSPS) is 26.1. The summed E-state index contributed by atoms with van der Waals surface area (Å²) in [7, 11) is 1.25. The Labute approximate surface area is 99.3 Å². The van der Waals surface area contributed by atoms with Crippen molar-refractivity contribution < 1.29 is 8.42 Å². The van der Waals surface area contributed by atoms with Crippen LogP contribution in [0, 0.1) is 0 Å². The predicted molar refractivity (Wildman–Crippen MR) is 67.4 cm³/mol. The van der Waals surface area contributed by atoms with E-state index in [4.69, 9.17) is 0 Å². The van der Waals surface area contributed by atoms with E-state index in [1.165, 1.54) is 0 Å². The standard InChI is InChI=1S/C11H24N2O2S/c1-10(5-4-7-12-2)13(3)11-6-8-16(14,15)9-11/h10-12H,4-9H2,1-3H3. The molecular weight excluding hydrogens is 224 g/mol. The van der Waals surface area contributed by atoms with E-state index in [-0.39, 0.29) is 6.04 Å². The molecule has 96 valence electrons. The van der Waals surface area contributed by atoms with Crippen molar-refractivity contribution in [3.8, 4) is 0 Å². The third-order valence-electron chi connectivity index (χ3n) is 3.53. The minimum atomic E-state index is -2.75. The largest absolute Gasteiger partial charge is 0.320 e. The second kappa shape index (κ2) is 5.98. The highest BCUT2D eigenvalue weighted by molar-refractivity contribution is 7.91. The first-order valence-corrected chi connectivity index (χ1v) is 7.85. The van der Waals surface area contributed by atoms with Gasteiger partial charge in [0.25, 0.3) is 0 Å². The van der Waals surface area contributed by atoms with Crippen molar-refractivity contribution >= 4 is 9.84 Å². The van der Waals surface area contributed by atoms with Gasteiger partial charge >= 0.3 is 0 Å². The lowest BCUT2D eigenvalue weighted by molar-refractivity contribution is 0.188. The Morgan fingerprint density at radius 3 is 2.69 bits per heavy atom. The zero-order valence-electron chi connectivity index (χ0n) is 10.6. The molecule has 0 bridgehead atoms. The topological polar surface area (TPSA) is 49.4 Å². The Morgan fingerprint density at radius 2 is 2.19 bits per heavy atom. The number of hydrogen-bond donors (Lipinski definition) is 1. The molecule has 0 aliphatic carbocycles. The summed E-state index contributed by atoms with van der Waals surface area (Å²) in [5.41, 5.74) is 0. The van der Waals surface area contributed by atoms with E-state index >= 15 is 0 Å². The molecule has 1 N–H and O–H groups in total. The quantitative estimate of drug-likeness (QED) is 0.695. The van der Waals surface area contributed by atoms with Crippen LogP contribution in [0.25, 0.3) is 0 Å². The molecule has 1 saturated heterocycles. The van der Waals surface area contributed by atoms with E-state index in [1.54, 1.807) is 0 Å². The first kappa shape index (κ1) is 13.9. The second-order valence-electron chi connectivity index (χ2n) is 4.82. The highest BCUT2D eigenvalue weighted by Crippen LogP contribution is 2.19. The molecule has 0 aromatic heterocycles. The van der Waals surface area contributed by atoms with Crippen molar-refractivity contribution in [2.45, 2.75) is 38.3 Å². The van der Waals surface area contributed by atoms with E-state index in [0.29, 0.717) is 17.5 Å². The van der Waals surface area contributed by atoms with Gasteiger partial charge in [0, 0.05) is 12.1 Å². The molecule has 0 aromatic carbocycles. The van der Waals surface area contributed by atoms with Gasteiger partial charge in [-0.2, -0.15) is 0 Å². The molecule has 1 fully saturated rings. The maximum absolute atomic E-state index is 11.4. The van der Waals surface area contributed by atoms with Gasteiger partial charge in [0.05, 0.1) is 11.5 Å². The molecular formula is C11H24N2O2S. The summed E-state index contributed by atoms with van der Waals surface area (Å²) in [6, 6.07) is 0.696. The Kier molecular flexibility index (Phi) is 5.21. The average molecular weight is 248 g/mol. The van der Waals surface area contributed by atoms with Crippen LogP contribution in [0.2, 0.25) is 0 Å². The summed E-state index contributed by atoms with van der Waals surface area (Å²) in [5, 5.41) is 3.13. The highest BCUT2D eigenvalue weighted by Gasteiger charge is 2.32. The Bertz CT molecular complexity index is 303. The number of hydrogen-bond acceptors (Lipinski definition) is 4. The zero-order valence-corrected chi connectivity index (χ0v) is 11.4. The molecule has 0 aromatic rings. The molecule has 1 aliphatic heterocycles. The Balaban J connectivity index is 2.36. The minimum absolute atomic E-state index is 0.231. The van der Waals surface area contributed by atoms with Crippen LogP contribution in [-0.4, -0.2) is 57.5 Å². The van der Waals surface area contributed by atoms with Gasteiger partial charge in [0.15, 0.2) is 9.84 Å². The lowest BCUT2D eigenvalue weighted by Gasteiger charge is -2.29. The summed E-state index contributed by atoms with van der Waals surface area (Å²) < 4.78 is 22.8. The summed E-state index contributed by atoms with van der Waals surface area (Å²) >= 11 is 0. The minimum Gasteiger partial charge on any atom is -0.320 e. The Hall–Kier alpha value is -0.130. The molecule has 0 saturated carbocycles. The van der Waals surface area contributed by atoms with Gasteiger partial charge in [-0.3, -0.25) is 4.90 Å².